The van der Waals surface area contributed by atoms with Crippen LogP contribution in [-0.4, -0.2) is 25.6 Å². The Morgan fingerprint density at radius 1 is 1.12 bits per heavy atom. The minimum absolute atomic E-state index is 0.201. The molecule has 1 heterocycles. The molecule has 0 bridgehead atoms. The van der Waals surface area contributed by atoms with Gasteiger partial charge in [0.1, 0.15) is 0 Å². The number of sulfone groups is 1. The smallest absolute Gasteiger partial charge is 0.255 e. The number of thiazole rings is 1. The molecule has 3 rings (SSSR count). The maximum Gasteiger partial charge on any atom is 0.255 e. The molecule has 0 aliphatic rings. The van der Waals surface area contributed by atoms with Crippen molar-refractivity contribution < 1.29 is 13.2 Å². The van der Waals surface area contributed by atoms with E-state index in [4.69, 9.17) is 0 Å². The van der Waals surface area contributed by atoms with Crippen LogP contribution in [0.25, 0.3) is 11.3 Å². The van der Waals surface area contributed by atoms with Gasteiger partial charge in [-0.1, -0.05) is 12.1 Å². The molecule has 0 unspecified atom stereocenters. The lowest BCUT2D eigenvalue weighted by Gasteiger charge is -2.10. The average Bonchev–Trinajstić information content (AvgIpc) is 3.00. The normalized spacial score (nSPS) is 11.3. The molecule has 3 aromatic rings. The van der Waals surface area contributed by atoms with Crippen LogP contribution < -0.4 is 5.32 Å². The topological polar surface area (TPSA) is 76.1 Å². The number of aromatic nitrogens is 1. The lowest BCUT2D eigenvalue weighted by atomic mass is 10.1. The van der Waals surface area contributed by atoms with Gasteiger partial charge in [0, 0.05) is 28.5 Å². The van der Waals surface area contributed by atoms with E-state index < -0.39 is 9.84 Å². The lowest BCUT2D eigenvalue weighted by Crippen LogP contribution is -2.14. The minimum Gasteiger partial charge on any atom is -0.322 e. The fraction of sp³-hybridized carbons (Fsp3) is 0.158. The van der Waals surface area contributed by atoms with Crippen molar-refractivity contribution >= 4 is 32.8 Å². The molecule has 5 nitrogen and oxygen atoms in total. The molecular formula is C19H18N2O3S2. The number of hydrogen-bond acceptors (Lipinski definition) is 5. The van der Waals surface area contributed by atoms with Gasteiger partial charge in [0.25, 0.3) is 5.91 Å². The minimum atomic E-state index is -3.30. The molecule has 7 heteroatoms. The third-order valence-electron chi connectivity index (χ3n) is 3.91. The summed E-state index contributed by atoms with van der Waals surface area (Å²) in [7, 11) is -3.30. The van der Waals surface area contributed by atoms with Gasteiger partial charge in [0.2, 0.25) is 0 Å². The van der Waals surface area contributed by atoms with Crippen LogP contribution in [0.2, 0.25) is 0 Å². The number of nitrogens with one attached hydrogen (secondary N) is 1. The molecule has 0 saturated heterocycles. The van der Waals surface area contributed by atoms with Crippen molar-refractivity contribution in [3.05, 3.63) is 64.0 Å². The molecule has 0 radical (unpaired) electrons. The van der Waals surface area contributed by atoms with Gasteiger partial charge in [-0.15, -0.1) is 11.3 Å². The Morgan fingerprint density at radius 3 is 2.50 bits per heavy atom. The Balaban J connectivity index is 1.84. The summed E-state index contributed by atoms with van der Waals surface area (Å²) in [6.07, 6.45) is 1.15. The zero-order valence-corrected chi connectivity index (χ0v) is 16.2. The largest absolute Gasteiger partial charge is 0.322 e. The molecule has 26 heavy (non-hydrogen) atoms. The second-order valence-electron chi connectivity index (χ2n) is 6.04. The Morgan fingerprint density at radius 2 is 1.88 bits per heavy atom. The first kappa shape index (κ1) is 18.3. The Hall–Kier alpha value is -2.51. The van der Waals surface area contributed by atoms with Crippen molar-refractivity contribution in [3.8, 4) is 11.3 Å². The first-order chi connectivity index (χ1) is 12.2. The number of nitrogens with zero attached hydrogens (tertiary/aromatic N) is 1. The number of carbonyl (C=O) groups is 1. The maximum atomic E-state index is 12.6. The van der Waals surface area contributed by atoms with E-state index >= 15 is 0 Å². The molecule has 1 aromatic heterocycles. The first-order valence-corrected chi connectivity index (χ1v) is 10.7. The number of carbonyl (C=O) groups excluding carboxylic acids is 1. The molecule has 0 fully saturated rings. The van der Waals surface area contributed by atoms with Gasteiger partial charge in [-0.25, -0.2) is 13.4 Å². The van der Waals surface area contributed by atoms with Crippen molar-refractivity contribution in [2.24, 2.45) is 0 Å². The van der Waals surface area contributed by atoms with Crippen molar-refractivity contribution in [2.75, 3.05) is 11.6 Å². The predicted octanol–water partition coefficient (Wildman–Crippen LogP) is 4.08. The van der Waals surface area contributed by atoms with Crippen molar-refractivity contribution in [3.63, 3.8) is 0 Å². The predicted molar refractivity (Wildman–Crippen MR) is 105 cm³/mol. The third kappa shape index (κ3) is 4.00. The number of aryl methyl sites for hydroxylation is 2. The lowest BCUT2D eigenvalue weighted by molar-refractivity contribution is 0.102. The second kappa shape index (κ2) is 7.01. The van der Waals surface area contributed by atoms with Gasteiger partial charge in [0.15, 0.2) is 9.84 Å². The molecule has 0 aliphatic carbocycles. The van der Waals surface area contributed by atoms with Crippen LogP contribution in [0.15, 0.2) is 52.7 Å². The van der Waals surface area contributed by atoms with E-state index in [-0.39, 0.29) is 10.8 Å². The van der Waals surface area contributed by atoms with Crippen LogP contribution in [0, 0.1) is 13.8 Å². The zero-order chi connectivity index (χ0) is 18.9. The van der Waals surface area contributed by atoms with E-state index in [0.717, 1.165) is 22.5 Å². The van der Waals surface area contributed by atoms with E-state index in [1.54, 1.807) is 24.3 Å². The number of rotatable bonds is 4. The van der Waals surface area contributed by atoms with Crippen LogP contribution in [0.5, 0.6) is 0 Å². The monoisotopic (exact) mass is 386 g/mol. The standard InChI is InChI=1S/C19H18N2O3S2/c1-12-9-16(26(3,23)24)7-8-17(12)19(22)21-15-6-4-5-14(10-15)18-11-25-13(2)20-18/h4-11H,1-3H3,(H,21,22). The second-order valence-corrected chi connectivity index (χ2v) is 9.11. The van der Waals surface area contributed by atoms with Gasteiger partial charge in [-0.05, 0) is 49.7 Å². The number of hydrogen-bond donors (Lipinski definition) is 1. The summed E-state index contributed by atoms with van der Waals surface area (Å²) in [5.41, 5.74) is 3.50. The molecule has 134 valence electrons. The quantitative estimate of drug-likeness (QED) is 0.733. The number of anilines is 1. The summed E-state index contributed by atoms with van der Waals surface area (Å²) in [6.45, 7) is 3.67. The molecule has 0 spiro atoms. The highest BCUT2D eigenvalue weighted by Gasteiger charge is 2.14. The van der Waals surface area contributed by atoms with Crippen molar-refractivity contribution in [1.29, 1.82) is 0 Å². The maximum absolute atomic E-state index is 12.6. The van der Waals surface area contributed by atoms with Crippen molar-refractivity contribution in [1.82, 2.24) is 4.98 Å². The van der Waals surface area contributed by atoms with Gasteiger partial charge in [0.05, 0.1) is 15.6 Å². The van der Waals surface area contributed by atoms with E-state index in [1.807, 2.05) is 30.5 Å². The van der Waals surface area contributed by atoms with E-state index in [0.29, 0.717) is 16.8 Å². The fourth-order valence-electron chi connectivity index (χ4n) is 2.57. The van der Waals surface area contributed by atoms with Crippen molar-refractivity contribution in [2.45, 2.75) is 18.7 Å². The summed E-state index contributed by atoms with van der Waals surface area (Å²) in [5, 5.41) is 5.82. The third-order valence-corrected chi connectivity index (χ3v) is 5.79. The molecule has 0 saturated carbocycles. The molecular weight excluding hydrogens is 368 g/mol. The summed E-state index contributed by atoms with van der Waals surface area (Å²) in [4.78, 5) is 17.2. The highest BCUT2D eigenvalue weighted by molar-refractivity contribution is 7.90. The number of amides is 1. The SMILES string of the molecule is Cc1nc(-c2cccc(NC(=O)c3ccc(S(C)(=O)=O)cc3C)c2)cs1. The van der Waals surface area contributed by atoms with Gasteiger partial charge >= 0.3 is 0 Å². The zero-order valence-electron chi connectivity index (χ0n) is 14.6. The van der Waals surface area contributed by atoms with E-state index in [9.17, 15) is 13.2 Å². The summed E-state index contributed by atoms with van der Waals surface area (Å²) in [5.74, 6) is -0.283. The molecule has 1 N–H and O–H groups in total. The van der Waals surface area contributed by atoms with E-state index in [1.165, 1.54) is 18.2 Å². The summed E-state index contributed by atoms with van der Waals surface area (Å²) in [6, 6.07) is 12.0. The molecule has 2 aromatic carbocycles. The fourth-order valence-corrected chi connectivity index (χ4v) is 3.90. The Kier molecular flexibility index (Phi) is 4.93. The summed E-state index contributed by atoms with van der Waals surface area (Å²) >= 11 is 1.57. The molecule has 0 atom stereocenters. The van der Waals surface area contributed by atoms with Gasteiger partial charge in [-0.3, -0.25) is 4.79 Å². The Bertz CT molecular complexity index is 1090. The highest BCUT2D eigenvalue weighted by atomic mass is 32.2. The molecule has 1 amide bonds. The van der Waals surface area contributed by atoms with Crippen LogP contribution in [-0.2, 0) is 9.84 Å². The van der Waals surface area contributed by atoms with Crippen LogP contribution in [0.3, 0.4) is 0 Å². The summed E-state index contributed by atoms with van der Waals surface area (Å²) < 4.78 is 23.3. The van der Waals surface area contributed by atoms with Gasteiger partial charge < -0.3 is 5.32 Å². The average molecular weight is 386 g/mol. The van der Waals surface area contributed by atoms with Crippen LogP contribution in [0.4, 0.5) is 5.69 Å². The first-order valence-electron chi connectivity index (χ1n) is 7.88. The van der Waals surface area contributed by atoms with Crippen LogP contribution >= 0.6 is 11.3 Å². The van der Waals surface area contributed by atoms with Crippen LogP contribution in [0.1, 0.15) is 20.9 Å². The highest BCUT2D eigenvalue weighted by Crippen LogP contribution is 2.25. The Labute approximate surface area is 156 Å². The van der Waals surface area contributed by atoms with E-state index in [2.05, 4.69) is 10.3 Å². The number of benzene rings is 2. The van der Waals surface area contributed by atoms with Gasteiger partial charge in [-0.2, -0.15) is 0 Å². The molecule has 0 aliphatic heterocycles.